The summed E-state index contributed by atoms with van der Waals surface area (Å²) >= 11 is 0. The van der Waals surface area contributed by atoms with Gasteiger partial charge < -0.3 is 0 Å². The molecule has 1 nitrogen and oxygen atoms in total. The molecule has 0 bridgehead atoms. The normalized spacial score (nSPS) is 9.41. The number of nitrogens with zero attached hydrogens (tertiary/aromatic N) is 1. The molecule has 0 aliphatic carbocycles. The fraction of sp³-hybridized carbons (Fsp3) is 0.393. The molecule has 0 aliphatic heterocycles. The van der Waals surface area contributed by atoms with E-state index in [0.29, 0.717) is 0 Å². The number of benzene rings is 1. The summed E-state index contributed by atoms with van der Waals surface area (Å²) in [7, 11) is 0. The Hall–Kier alpha value is -2.41. The van der Waals surface area contributed by atoms with Crippen LogP contribution in [0, 0.1) is 13.8 Å². The molecule has 0 N–H and O–H groups in total. The number of rotatable bonds is 9. The average Bonchev–Trinajstić information content (AvgIpc) is 2.73. The summed E-state index contributed by atoms with van der Waals surface area (Å²) in [5.41, 5.74) is 7.33. The van der Waals surface area contributed by atoms with E-state index < -0.39 is 0 Å². The molecule has 2 rings (SSSR count). The van der Waals surface area contributed by atoms with E-state index in [-0.39, 0.29) is 0 Å². The molecule has 0 aliphatic rings. The minimum atomic E-state index is 1.10. The minimum Gasteiger partial charge on any atom is -0.261 e. The molecule has 158 valence electrons. The Balaban J connectivity index is 0.000000526. The molecule has 0 saturated heterocycles. The zero-order chi connectivity index (χ0) is 22.1. The van der Waals surface area contributed by atoms with Crippen LogP contribution in [0.15, 0.2) is 61.8 Å². The van der Waals surface area contributed by atoms with Crippen LogP contribution < -0.4 is 0 Å². The lowest BCUT2D eigenvalue weighted by Gasteiger charge is -2.02. The summed E-state index contributed by atoms with van der Waals surface area (Å²) in [5, 5.41) is 0. The molecule has 0 atom stereocenters. The van der Waals surface area contributed by atoms with Crippen molar-refractivity contribution in [2.45, 2.75) is 73.1 Å². The molecule has 0 spiro atoms. The van der Waals surface area contributed by atoms with Crippen molar-refractivity contribution in [3.05, 3.63) is 89.8 Å². The van der Waals surface area contributed by atoms with Gasteiger partial charge in [0.1, 0.15) is 0 Å². The van der Waals surface area contributed by atoms with E-state index in [0.717, 1.165) is 16.8 Å². The maximum absolute atomic E-state index is 4.31. The highest BCUT2D eigenvalue weighted by molar-refractivity contribution is 5.64. The van der Waals surface area contributed by atoms with Crippen LogP contribution in [0.2, 0.25) is 0 Å². The van der Waals surface area contributed by atoms with E-state index in [4.69, 9.17) is 0 Å². The number of aromatic nitrogens is 1. The fourth-order valence-electron chi connectivity index (χ4n) is 2.81. The molecule has 1 heterocycles. The third kappa shape index (κ3) is 12.6. The first-order valence-corrected chi connectivity index (χ1v) is 10.9. The van der Waals surface area contributed by atoms with Crippen LogP contribution in [0.5, 0.6) is 0 Å². The standard InChI is InChI=1S/C15H23N.C11H12.C2H6/c1-13(2)8-6-4-5-7-9-15-11-10-14(3)16-12-15;1-4-10-7-6-9(3)8-11(10)5-2;1-2/h10-12H,1,4-9H2,2-3H3;4-8H,1-2H2,3H3;1-2H3. The lowest BCUT2D eigenvalue weighted by molar-refractivity contribution is 0.638. The molecular formula is C28H41N. The van der Waals surface area contributed by atoms with Crippen LogP contribution in [-0.2, 0) is 6.42 Å². The van der Waals surface area contributed by atoms with Gasteiger partial charge in [0.25, 0.3) is 0 Å². The highest BCUT2D eigenvalue weighted by Crippen LogP contribution is 2.13. The Bertz CT molecular complexity index is 722. The van der Waals surface area contributed by atoms with E-state index in [1.54, 1.807) is 0 Å². The summed E-state index contributed by atoms with van der Waals surface area (Å²) < 4.78 is 0. The molecule has 0 unspecified atom stereocenters. The van der Waals surface area contributed by atoms with Gasteiger partial charge in [-0.1, -0.05) is 87.4 Å². The summed E-state index contributed by atoms with van der Waals surface area (Å²) in [5.74, 6) is 0. The molecule has 29 heavy (non-hydrogen) atoms. The maximum Gasteiger partial charge on any atom is 0.0372 e. The highest BCUT2D eigenvalue weighted by atomic mass is 14.6. The van der Waals surface area contributed by atoms with Gasteiger partial charge in [0.2, 0.25) is 0 Å². The molecule has 0 radical (unpaired) electrons. The SMILES string of the molecule is C=C(C)CCCCCCc1ccc(C)nc1.C=Cc1ccc(C)cc1C=C.CC. The van der Waals surface area contributed by atoms with E-state index in [1.807, 2.05) is 39.1 Å². The van der Waals surface area contributed by atoms with E-state index in [1.165, 1.54) is 55.2 Å². The summed E-state index contributed by atoms with van der Waals surface area (Å²) in [6, 6.07) is 10.5. The second-order valence-electron chi connectivity index (χ2n) is 7.22. The predicted octanol–water partition coefficient (Wildman–Crippen LogP) is 8.77. The monoisotopic (exact) mass is 391 g/mol. The van der Waals surface area contributed by atoms with Crippen molar-refractivity contribution in [2.75, 3.05) is 0 Å². The second kappa shape index (κ2) is 16.5. The number of hydrogen-bond donors (Lipinski definition) is 0. The van der Waals surface area contributed by atoms with Gasteiger partial charge in [-0.15, -0.1) is 6.58 Å². The van der Waals surface area contributed by atoms with Crippen molar-refractivity contribution in [3.63, 3.8) is 0 Å². The van der Waals surface area contributed by atoms with Gasteiger partial charge in [0, 0.05) is 11.9 Å². The van der Waals surface area contributed by atoms with Gasteiger partial charge in [0.05, 0.1) is 0 Å². The number of unbranched alkanes of at least 4 members (excludes halogenated alkanes) is 3. The first-order valence-electron chi connectivity index (χ1n) is 10.9. The minimum absolute atomic E-state index is 1.10. The van der Waals surface area contributed by atoms with Crippen LogP contribution in [-0.4, -0.2) is 4.98 Å². The Morgan fingerprint density at radius 3 is 2.10 bits per heavy atom. The Morgan fingerprint density at radius 1 is 0.897 bits per heavy atom. The van der Waals surface area contributed by atoms with Gasteiger partial charge in [-0.05, 0) is 69.2 Å². The van der Waals surface area contributed by atoms with Crippen molar-refractivity contribution < 1.29 is 0 Å². The molecule has 0 saturated carbocycles. The van der Waals surface area contributed by atoms with Crippen molar-refractivity contribution in [1.82, 2.24) is 4.98 Å². The number of pyridine rings is 1. The molecule has 1 aromatic heterocycles. The van der Waals surface area contributed by atoms with Crippen LogP contribution in [0.25, 0.3) is 12.2 Å². The fourth-order valence-corrected chi connectivity index (χ4v) is 2.81. The van der Waals surface area contributed by atoms with Gasteiger partial charge in [-0.2, -0.15) is 0 Å². The van der Waals surface area contributed by atoms with E-state index in [9.17, 15) is 0 Å². The van der Waals surface area contributed by atoms with Crippen molar-refractivity contribution in [1.29, 1.82) is 0 Å². The zero-order valence-corrected chi connectivity index (χ0v) is 19.4. The molecule has 1 aromatic carbocycles. The lowest BCUT2D eigenvalue weighted by Crippen LogP contribution is -1.89. The first kappa shape index (κ1) is 26.6. The van der Waals surface area contributed by atoms with Crippen LogP contribution in [0.4, 0.5) is 0 Å². The predicted molar refractivity (Wildman–Crippen MR) is 133 cm³/mol. The Labute approximate surface area is 180 Å². The van der Waals surface area contributed by atoms with Crippen LogP contribution in [0.1, 0.15) is 80.8 Å². The maximum atomic E-state index is 4.31. The zero-order valence-electron chi connectivity index (χ0n) is 19.4. The molecule has 2 aromatic rings. The Morgan fingerprint density at radius 2 is 1.55 bits per heavy atom. The number of aryl methyl sites for hydroxylation is 3. The van der Waals surface area contributed by atoms with E-state index in [2.05, 4.69) is 68.9 Å². The number of hydrogen-bond acceptors (Lipinski definition) is 1. The summed E-state index contributed by atoms with van der Waals surface area (Å²) in [6.45, 7) is 21.6. The third-order valence-corrected chi connectivity index (χ3v) is 4.47. The average molecular weight is 392 g/mol. The van der Waals surface area contributed by atoms with Gasteiger partial charge in [-0.25, -0.2) is 0 Å². The third-order valence-electron chi connectivity index (χ3n) is 4.47. The quantitative estimate of drug-likeness (QED) is 0.307. The lowest BCUT2D eigenvalue weighted by atomic mass is 10.0. The smallest absolute Gasteiger partial charge is 0.0372 e. The van der Waals surface area contributed by atoms with Gasteiger partial charge in [-0.3, -0.25) is 4.98 Å². The van der Waals surface area contributed by atoms with Crippen LogP contribution in [0.3, 0.4) is 0 Å². The molecule has 0 fully saturated rings. The summed E-state index contributed by atoms with van der Waals surface area (Å²) in [4.78, 5) is 4.31. The topological polar surface area (TPSA) is 12.9 Å². The van der Waals surface area contributed by atoms with Crippen LogP contribution >= 0.6 is 0 Å². The summed E-state index contributed by atoms with van der Waals surface area (Å²) in [6.07, 6.45) is 13.3. The van der Waals surface area contributed by atoms with Gasteiger partial charge in [0.15, 0.2) is 0 Å². The van der Waals surface area contributed by atoms with Crippen molar-refractivity contribution in [3.8, 4) is 0 Å². The first-order chi connectivity index (χ1) is 14.0. The largest absolute Gasteiger partial charge is 0.261 e. The Kier molecular flexibility index (Phi) is 15.2. The second-order valence-corrected chi connectivity index (χ2v) is 7.22. The van der Waals surface area contributed by atoms with Crippen molar-refractivity contribution in [2.24, 2.45) is 0 Å². The number of allylic oxidation sites excluding steroid dienone is 1. The van der Waals surface area contributed by atoms with Gasteiger partial charge >= 0.3 is 0 Å². The highest BCUT2D eigenvalue weighted by Gasteiger charge is 1.95. The molecule has 1 heteroatoms. The van der Waals surface area contributed by atoms with Crippen molar-refractivity contribution >= 4 is 12.2 Å². The van der Waals surface area contributed by atoms with E-state index >= 15 is 0 Å². The molecule has 0 amide bonds. The molecular weight excluding hydrogens is 350 g/mol.